The van der Waals surface area contributed by atoms with Crippen molar-refractivity contribution in [3.63, 3.8) is 0 Å². The van der Waals surface area contributed by atoms with E-state index in [0.717, 1.165) is 30.7 Å². The second kappa shape index (κ2) is 4.96. The average Bonchev–Trinajstić information content (AvgIpc) is 3.15. The number of aryl methyl sites for hydroxylation is 1. The standard InChI is InChI=1S/C14H23N3O2/c1-5-12-9(2)16-17(10(12)3)8-14(15-4,13(18)19)11-6-7-11/h11,15H,5-8H2,1-4H3,(H,18,19). The fourth-order valence-corrected chi connectivity index (χ4v) is 2.97. The number of nitrogens with zero attached hydrogens (tertiary/aromatic N) is 2. The van der Waals surface area contributed by atoms with Crippen LogP contribution in [0.25, 0.3) is 0 Å². The molecule has 19 heavy (non-hydrogen) atoms. The number of aromatic nitrogens is 2. The molecule has 0 amide bonds. The molecule has 1 fully saturated rings. The normalized spacial score (nSPS) is 18.3. The Labute approximate surface area is 114 Å². The number of likely N-dealkylation sites (N-methyl/N-ethyl adjacent to an activating group) is 1. The zero-order valence-corrected chi connectivity index (χ0v) is 12.2. The zero-order chi connectivity index (χ0) is 14.2. The number of hydrogen-bond donors (Lipinski definition) is 2. The molecular formula is C14H23N3O2. The smallest absolute Gasteiger partial charge is 0.326 e. The number of carbonyl (C=O) groups is 1. The number of nitrogens with one attached hydrogen (secondary N) is 1. The van der Waals surface area contributed by atoms with Gasteiger partial charge in [0.25, 0.3) is 0 Å². The van der Waals surface area contributed by atoms with Crippen molar-refractivity contribution in [1.82, 2.24) is 15.1 Å². The lowest BCUT2D eigenvalue weighted by molar-refractivity contribution is -0.146. The van der Waals surface area contributed by atoms with Crippen molar-refractivity contribution in [2.75, 3.05) is 7.05 Å². The third-order valence-electron chi connectivity index (χ3n) is 4.39. The highest BCUT2D eigenvalue weighted by Crippen LogP contribution is 2.41. The molecule has 1 saturated carbocycles. The molecule has 1 aliphatic carbocycles. The third kappa shape index (κ3) is 2.27. The molecule has 2 rings (SSSR count). The lowest BCUT2D eigenvalue weighted by atomic mass is 9.93. The Morgan fingerprint density at radius 3 is 2.53 bits per heavy atom. The van der Waals surface area contributed by atoms with Gasteiger partial charge in [-0.25, -0.2) is 0 Å². The molecule has 5 nitrogen and oxygen atoms in total. The minimum Gasteiger partial charge on any atom is -0.480 e. The molecule has 0 spiro atoms. The molecule has 1 unspecified atom stereocenters. The van der Waals surface area contributed by atoms with E-state index in [1.54, 1.807) is 7.05 Å². The largest absolute Gasteiger partial charge is 0.480 e. The van der Waals surface area contributed by atoms with Gasteiger partial charge in [0.2, 0.25) is 0 Å². The molecule has 0 saturated heterocycles. The van der Waals surface area contributed by atoms with Crippen LogP contribution in [0.4, 0.5) is 0 Å². The van der Waals surface area contributed by atoms with Gasteiger partial charge < -0.3 is 10.4 Å². The summed E-state index contributed by atoms with van der Waals surface area (Å²) < 4.78 is 1.86. The Kier molecular flexibility index (Phi) is 3.67. The second-order valence-electron chi connectivity index (χ2n) is 5.46. The fourth-order valence-electron chi connectivity index (χ4n) is 2.97. The molecule has 0 aliphatic heterocycles. The average molecular weight is 265 g/mol. The predicted molar refractivity (Wildman–Crippen MR) is 73.2 cm³/mol. The van der Waals surface area contributed by atoms with E-state index in [-0.39, 0.29) is 5.92 Å². The van der Waals surface area contributed by atoms with Gasteiger partial charge in [-0.15, -0.1) is 0 Å². The summed E-state index contributed by atoms with van der Waals surface area (Å²) >= 11 is 0. The fraction of sp³-hybridized carbons (Fsp3) is 0.714. The second-order valence-corrected chi connectivity index (χ2v) is 5.46. The molecular weight excluding hydrogens is 242 g/mol. The molecule has 106 valence electrons. The summed E-state index contributed by atoms with van der Waals surface area (Å²) in [6.45, 7) is 6.51. The van der Waals surface area contributed by atoms with Crippen molar-refractivity contribution < 1.29 is 9.90 Å². The van der Waals surface area contributed by atoms with E-state index in [9.17, 15) is 9.90 Å². The van der Waals surface area contributed by atoms with Gasteiger partial charge >= 0.3 is 5.97 Å². The van der Waals surface area contributed by atoms with Gasteiger partial charge in [0, 0.05) is 5.69 Å². The highest BCUT2D eigenvalue weighted by molar-refractivity contribution is 5.79. The lowest BCUT2D eigenvalue weighted by Gasteiger charge is -2.29. The molecule has 1 heterocycles. The maximum absolute atomic E-state index is 11.7. The first kappa shape index (κ1) is 14.1. The molecule has 2 N–H and O–H groups in total. The van der Waals surface area contributed by atoms with E-state index >= 15 is 0 Å². The van der Waals surface area contributed by atoms with E-state index in [2.05, 4.69) is 17.3 Å². The molecule has 1 aromatic rings. The van der Waals surface area contributed by atoms with Crippen LogP contribution in [-0.4, -0.2) is 33.4 Å². The quantitative estimate of drug-likeness (QED) is 0.818. The highest BCUT2D eigenvalue weighted by atomic mass is 16.4. The van der Waals surface area contributed by atoms with Crippen LogP contribution in [0.5, 0.6) is 0 Å². The van der Waals surface area contributed by atoms with Gasteiger partial charge in [-0.3, -0.25) is 9.48 Å². The lowest BCUT2D eigenvalue weighted by Crippen LogP contribution is -2.55. The van der Waals surface area contributed by atoms with Crippen molar-refractivity contribution >= 4 is 5.97 Å². The minimum absolute atomic E-state index is 0.212. The maximum Gasteiger partial charge on any atom is 0.326 e. The van der Waals surface area contributed by atoms with Gasteiger partial charge in [0.05, 0.1) is 12.2 Å². The van der Waals surface area contributed by atoms with Gasteiger partial charge in [0.15, 0.2) is 0 Å². The van der Waals surface area contributed by atoms with Crippen molar-refractivity contribution in [2.45, 2.75) is 52.1 Å². The van der Waals surface area contributed by atoms with Crippen LogP contribution in [0.2, 0.25) is 0 Å². The molecule has 1 aliphatic rings. The van der Waals surface area contributed by atoms with Gasteiger partial charge in [0.1, 0.15) is 5.54 Å². The Hall–Kier alpha value is -1.36. The van der Waals surface area contributed by atoms with Crippen molar-refractivity contribution in [3.8, 4) is 0 Å². The van der Waals surface area contributed by atoms with Crippen LogP contribution < -0.4 is 5.32 Å². The van der Waals surface area contributed by atoms with Gasteiger partial charge in [-0.1, -0.05) is 6.92 Å². The Morgan fingerprint density at radius 2 is 2.16 bits per heavy atom. The number of aliphatic carboxylic acids is 1. The molecule has 1 aromatic heterocycles. The first-order valence-corrected chi connectivity index (χ1v) is 6.91. The topological polar surface area (TPSA) is 67.2 Å². The van der Waals surface area contributed by atoms with Crippen LogP contribution >= 0.6 is 0 Å². The van der Waals surface area contributed by atoms with Crippen LogP contribution in [0.1, 0.15) is 36.7 Å². The third-order valence-corrected chi connectivity index (χ3v) is 4.39. The van der Waals surface area contributed by atoms with Gasteiger partial charge in [-0.05, 0) is 51.6 Å². The highest BCUT2D eigenvalue weighted by Gasteiger charge is 2.51. The summed E-state index contributed by atoms with van der Waals surface area (Å²) in [4.78, 5) is 11.7. The van der Waals surface area contributed by atoms with Crippen molar-refractivity contribution in [2.24, 2.45) is 5.92 Å². The summed E-state index contributed by atoms with van der Waals surface area (Å²) in [5.41, 5.74) is 2.44. The number of carboxylic acids is 1. The molecule has 5 heteroatoms. The summed E-state index contributed by atoms with van der Waals surface area (Å²) in [7, 11) is 1.73. The Balaban J connectivity index is 2.34. The SMILES string of the molecule is CCc1c(C)nn(CC(NC)(C(=O)O)C2CC2)c1C. The number of hydrogen-bond acceptors (Lipinski definition) is 3. The van der Waals surface area contributed by atoms with E-state index < -0.39 is 11.5 Å². The van der Waals surface area contributed by atoms with E-state index in [1.165, 1.54) is 5.56 Å². The predicted octanol–water partition coefficient (Wildman–Crippen LogP) is 1.52. The van der Waals surface area contributed by atoms with Gasteiger partial charge in [-0.2, -0.15) is 5.10 Å². The maximum atomic E-state index is 11.7. The van der Waals surface area contributed by atoms with Crippen LogP contribution in [-0.2, 0) is 17.8 Å². The first-order valence-electron chi connectivity index (χ1n) is 6.91. The first-order chi connectivity index (χ1) is 8.96. The zero-order valence-electron chi connectivity index (χ0n) is 12.2. The monoisotopic (exact) mass is 265 g/mol. The molecule has 0 radical (unpaired) electrons. The van der Waals surface area contributed by atoms with Crippen molar-refractivity contribution in [1.29, 1.82) is 0 Å². The number of rotatable bonds is 6. The van der Waals surface area contributed by atoms with Crippen LogP contribution in [0, 0.1) is 19.8 Å². The molecule has 1 atom stereocenters. The van der Waals surface area contributed by atoms with E-state index in [4.69, 9.17) is 0 Å². The summed E-state index contributed by atoms with van der Waals surface area (Å²) in [6.07, 6.45) is 2.89. The summed E-state index contributed by atoms with van der Waals surface area (Å²) in [6, 6.07) is 0. The Bertz CT molecular complexity index is 491. The molecule has 0 aromatic carbocycles. The number of carboxylic acid groups (broad SMARTS) is 1. The van der Waals surface area contributed by atoms with Crippen LogP contribution in [0.3, 0.4) is 0 Å². The van der Waals surface area contributed by atoms with E-state index in [0.29, 0.717) is 6.54 Å². The summed E-state index contributed by atoms with van der Waals surface area (Å²) in [5.74, 6) is -0.563. The molecule has 0 bridgehead atoms. The minimum atomic E-state index is -0.881. The van der Waals surface area contributed by atoms with Crippen LogP contribution in [0.15, 0.2) is 0 Å². The summed E-state index contributed by atoms with van der Waals surface area (Å²) in [5, 5.41) is 17.2. The van der Waals surface area contributed by atoms with Crippen molar-refractivity contribution in [3.05, 3.63) is 17.0 Å². The van der Waals surface area contributed by atoms with E-state index in [1.807, 2.05) is 18.5 Å². The Morgan fingerprint density at radius 1 is 1.53 bits per heavy atom.